The molecule has 1 N–H and O–H groups in total. The number of likely N-dealkylation sites (N-methyl/N-ethyl adjacent to an activating group) is 1. The van der Waals surface area contributed by atoms with Crippen LogP contribution in [0.2, 0.25) is 0 Å². The Bertz CT molecular complexity index is 603. The summed E-state index contributed by atoms with van der Waals surface area (Å²) in [6.45, 7) is 5.85. The second-order valence-corrected chi connectivity index (χ2v) is 5.00. The maximum atomic E-state index is 12.4. The van der Waals surface area contributed by atoms with Crippen LogP contribution in [0.4, 0.5) is 0 Å². The maximum Gasteiger partial charge on any atom is 0.242 e. The first-order valence-electron chi connectivity index (χ1n) is 7.54. The van der Waals surface area contributed by atoms with Gasteiger partial charge in [0, 0.05) is 26.1 Å². The molecule has 0 saturated heterocycles. The van der Waals surface area contributed by atoms with Gasteiger partial charge in [-0.05, 0) is 32.4 Å². The summed E-state index contributed by atoms with van der Waals surface area (Å²) in [7, 11) is 0. The van der Waals surface area contributed by atoms with Crippen LogP contribution in [0.3, 0.4) is 0 Å². The van der Waals surface area contributed by atoms with Crippen molar-refractivity contribution >= 4 is 16.9 Å². The summed E-state index contributed by atoms with van der Waals surface area (Å²) in [4.78, 5) is 18.8. The Morgan fingerprint density at radius 1 is 1.29 bits per heavy atom. The summed E-state index contributed by atoms with van der Waals surface area (Å²) in [6, 6.07) is 7.84. The van der Waals surface area contributed by atoms with Crippen LogP contribution in [-0.2, 0) is 17.8 Å². The fraction of sp³-hybridized carbons (Fsp3) is 0.500. The van der Waals surface area contributed by atoms with Gasteiger partial charge in [-0.15, -0.1) is 0 Å². The highest BCUT2D eigenvalue weighted by molar-refractivity contribution is 5.81. The van der Waals surface area contributed by atoms with E-state index in [1.165, 1.54) is 0 Å². The smallest absolute Gasteiger partial charge is 0.242 e. The number of aliphatic hydroxyl groups is 1. The van der Waals surface area contributed by atoms with Gasteiger partial charge >= 0.3 is 0 Å². The van der Waals surface area contributed by atoms with Crippen LogP contribution >= 0.6 is 0 Å². The molecule has 0 fully saturated rings. The fourth-order valence-corrected chi connectivity index (χ4v) is 2.54. The summed E-state index contributed by atoms with van der Waals surface area (Å²) in [5.74, 6) is 0.971. The molecule has 0 radical (unpaired) electrons. The third-order valence-corrected chi connectivity index (χ3v) is 3.70. The number of hydrogen-bond donors (Lipinski definition) is 1. The van der Waals surface area contributed by atoms with Gasteiger partial charge in [-0.25, -0.2) is 4.98 Å². The number of rotatable bonds is 7. The molecule has 0 aliphatic carbocycles. The van der Waals surface area contributed by atoms with Crippen molar-refractivity contribution < 1.29 is 9.90 Å². The fourth-order valence-electron chi connectivity index (χ4n) is 2.54. The van der Waals surface area contributed by atoms with Crippen molar-refractivity contribution in [2.24, 2.45) is 0 Å². The average Bonchev–Trinajstić information content (AvgIpc) is 2.84. The second kappa shape index (κ2) is 7.22. The molecule has 0 unspecified atom stereocenters. The summed E-state index contributed by atoms with van der Waals surface area (Å²) < 4.78 is 1.98. The molecular formula is C16H23N3O2. The minimum atomic E-state index is 0.105. The Morgan fingerprint density at radius 3 is 2.67 bits per heavy atom. The van der Waals surface area contributed by atoms with Crippen molar-refractivity contribution in [2.75, 3.05) is 19.7 Å². The third-order valence-electron chi connectivity index (χ3n) is 3.70. The molecule has 0 bridgehead atoms. The Morgan fingerprint density at radius 2 is 2.00 bits per heavy atom. The molecule has 0 aliphatic rings. The summed E-state index contributed by atoms with van der Waals surface area (Å²) >= 11 is 0. The highest BCUT2D eigenvalue weighted by atomic mass is 16.3. The van der Waals surface area contributed by atoms with Crippen molar-refractivity contribution in [2.45, 2.75) is 33.2 Å². The van der Waals surface area contributed by atoms with Gasteiger partial charge in [-0.1, -0.05) is 12.1 Å². The van der Waals surface area contributed by atoms with Gasteiger partial charge in [0.15, 0.2) is 0 Å². The molecule has 0 aliphatic heterocycles. The number of carbonyl (C=O) groups is 1. The van der Waals surface area contributed by atoms with E-state index < -0.39 is 0 Å². The monoisotopic (exact) mass is 289 g/mol. The molecule has 0 atom stereocenters. The lowest BCUT2D eigenvalue weighted by Crippen LogP contribution is -2.33. The number of fused-ring (bicyclic) bond motifs is 1. The van der Waals surface area contributed by atoms with E-state index in [0.717, 1.165) is 16.9 Å². The zero-order valence-electron chi connectivity index (χ0n) is 12.7. The number of aliphatic hydroxyl groups excluding tert-OH is 1. The van der Waals surface area contributed by atoms with Crippen LogP contribution in [0.5, 0.6) is 0 Å². The lowest BCUT2D eigenvalue weighted by atomic mass is 10.3. The van der Waals surface area contributed by atoms with E-state index in [-0.39, 0.29) is 12.5 Å². The molecule has 1 heterocycles. The molecular weight excluding hydrogens is 266 g/mol. The molecule has 0 spiro atoms. The van der Waals surface area contributed by atoms with Gasteiger partial charge in [0.1, 0.15) is 12.4 Å². The lowest BCUT2D eigenvalue weighted by molar-refractivity contribution is -0.131. The number of aryl methyl sites for hydroxylation is 1. The maximum absolute atomic E-state index is 12.4. The number of imidazole rings is 1. The summed E-state index contributed by atoms with van der Waals surface area (Å²) in [5, 5.41) is 9.03. The molecule has 5 heteroatoms. The second-order valence-electron chi connectivity index (χ2n) is 5.00. The van der Waals surface area contributed by atoms with Crippen LogP contribution in [0.15, 0.2) is 24.3 Å². The molecule has 114 valence electrons. The van der Waals surface area contributed by atoms with Crippen LogP contribution in [-0.4, -0.2) is 45.2 Å². The summed E-state index contributed by atoms with van der Waals surface area (Å²) in [6.07, 6.45) is 1.33. The predicted octanol–water partition coefficient (Wildman–Crippen LogP) is 1.83. The molecule has 2 aromatic rings. The van der Waals surface area contributed by atoms with Crippen LogP contribution in [0.25, 0.3) is 11.0 Å². The minimum Gasteiger partial charge on any atom is -0.396 e. The zero-order chi connectivity index (χ0) is 15.2. The largest absolute Gasteiger partial charge is 0.396 e. The van der Waals surface area contributed by atoms with E-state index in [4.69, 9.17) is 5.11 Å². The first kappa shape index (κ1) is 15.5. The molecule has 1 aromatic heterocycles. The van der Waals surface area contributed by atoms with Gasteiger partial charge in [-0.3, -0.25) is 4.79 Å². The number of para-hydroxylation sites is 2. The number of carbonyl (C=O) groups excluding carboxylic acids is 1. The SMILES string of the molecule is CCN(CC)C(=O)Cn1c(CCCO)nc2ccccc21. The van der Waals surface area contributed by atoms with Crippen LogP contribution < -0.4 is 0 Å². The van der Waals surface area contributed by atoms with Gasteiger partial charge in [0.2, 0.25) is 5.91 Å². The molecule has 21 heavy (non-hydrogen) atoms. The highest BCUT2D eigenvalue weighted by Crippen LogP contribution is 2.17. The van der Waals surface area contributed by atoms with Gasteiger partial charge in [-0.2, -0.15) is 0 Å². The number of aromatic nitrogens is 2. The molecule has 2 rings (SSSR count). The van der Waals surface area contributed by atoms with Gasteiger partial charge in [0.25, 0.3) is 0 Å². The molecule has 0 saturated carbocycles. The van der Waals surface area contributed by atoms with Gasteiger partial charge in [0.05, 0.1) is 11.0 Å². The van der Waals surface area contributed by atoms with E-state index in [0.29, 0.717) is 32.5 Å². The van der Waals surface area contributed by atoms with E-state index in [9.17, 15) is 4.79 Å². The van der Waals surface area contributed by atoms with Gasteiger partial charge < -0.3 is 14.6 Å². The number of nitrogens with zero attached hydrogens (tertiary/aromatic N) is 3. The Hall–Kier alpha value is -1.88. The quantitative estimate of drug-likeness (QED) is 0.846. The highest BCUT2D eigenvalue weighted by Gasteiger charge is 2.16. The number of benzene rings is 1. The third kappa shape index (κ3) is 3.42. The lowest BCUT2D eigenvalue weighted by Gasteiger charge is -2.19. The molecule has 5 nitrogen and oxygen atoms in total. The van der Waals surface area contributed by atoms with Crippen molar-refractivity contribution in [1.82, 2.24) is 14.5 Å². The molecule has 1 aromatic carbocycles. The van der Waals surface area contributed by atoms with E-state index >= 15 is 0 Å². The zero-order valence-corrected chi connectivity index (χ0v) is 12.7. The summed E-state index contributed by atoms with van der Waals surface area (Å²) in [5.41, 5.74) is 1.88. The van der Waals surface area contributed by atoms with Crippen molar-refractivity contribution in [3.63, 3.8) is 0 Å². The topological polar surface area (TPSA) is 58.4 Å². The predicted molar refractivity (Wildman–Crippen MR) is 83.1 cm³/mol. The van der Waals surface area contributed by atoms with E-state index in [1.807, 2.05) is 47.6 Å². The van der Waals surface area contributed by atoms with Crippen LogP contribution in [0, 0.1) is 0 Å². The standard InChI is InChI=1S/C16H23N3O2/c1-3-18(4-2)16(21)12-19-14-9-6-5-8-13(14)17-15(19)10-7-11-20/h5-6,8-9,20H,3-4,7,10-12H2,1-2H3. The van der Waals surface area contributed by atoms with Crippen molar-refractivity contribution in [3.8, 4) is 0 Å². The number of amides is 1. The van der Waals surface area contributed by atoms with E-state index in [1.54, 1.807) is 0 Å². The minimum absolute atomic E-state index is 0.105. The van der Waals surface area contributed by atoms with Crippen molar-refractivity contribution in [1.29, 1.82) is 0 Å². The Kier molecular flexibility index (Phi) is 5.33. The Balaban J connectivity index is 2.33. The Labute approximate surface area is 125 Å². The molecule has 1 amide bonds. The van der Waals surface area contributed by atoms with Crippen molar-refractivity contribution in [3.05, 3.63) is 30.1 Å². The van der Waals surface area contributed by atoms with E-state index in [2.05, 4.69) is 4.98 Å². The first-order chi connectivity index (χ1) is 10.2. The normalized spacial score (nSPS) is 11.0. The number of hydrogen-bond acceptors (Lipinski definition) is 3. The average molecular weight is 289 g/mol. The first-order valence-corrected chi connectivity index (χ1v) is 7.54. The van der Waals surface area contributed by atoms with Crippen LogP contribution in [0.1, 0.15) is 26.1 Å².